The number of para-hydroxylation sites is 1. The van der Waals surface area contributed by atoms with Crippen LogP contribution in [0.5, 0.6) is 0 Å². The predicted molar refractivity (Wildman–Crippen MR) is 138 cm³/mol. The van der Waals surface area contributed by atoms with E-state index in [0.29, 0.717) is 28.8 Å². The number of hydrogen-bond donors (Lipinski definition) is 0. The highest BCUT2D eigenvalue weighted by Crippen LogP contribution is 2.26. The van der Waals surface area contributed by atoms with Crippen LogP contribution >= 0.6 is 0 Å². The van der Waals surface area contributed by atoms with Crippen molar-refractivity contribution in [2.24, 2.45) is 5.92 Å². The van der Waals surface area contributed by atoms with Gasteiger partial charge >= 0.3 is 0 Å². The van der Waals surface area contributed by atoms with Crippen molar-refractivity contribution in [1.82, 2.24) is 14.5 Å². The molecule has 1 unspecified atom stereocenters. The number of rotatable bonds is 6. The number of carbonyl (C=O) groups is 1. The molecule has 0 aliphatic rings. The van der Waals surface area contributed by atoms with Gasteiger partial charge in [-0.25, -0.2) is 4.98 Å². The van der Waals surface area contributed by atoms with Crippen molar-refractivity contribution in [3.05, 3.63) is 106 Å². The van der Waals surface area contributed by atoms with Gasteiger partial charge in [-0.05, 0) is 68.7 Å². The molecular formula is C29H31N3O2. The maximum absolute atomic E-state index is 13.7. The van der Waals surface area contributed by atoms with Gasteiger partial charge in [0, 0.05) is 12.1 Å². The highest BCUT2D eigenvalue weighted by Gasteiger charge is 2.28. The van der Waals surface area contributed by atoms with Crippen LogP contribution in [0.15, 0.2) is 77.6 Å². The molecule has 0 saturated carbocycles. The second-order valence-electron chi connectivity index (χ2n) is 9.36. The van der Waals surface area contributed by atoms with E-state index in [0.717, 1.165) is 16.8 Å². The van der Waals surface area contributed by atoms with Crippen molar-refractivity contribution in [2.45, 2.75) is 40.7 Å². The molecular weight excluding hydrogens is 422 g/mol. The van der Waals surface area contributed by atoms with Crippen molar-refractivity contribution in [2.75, 3.05) is 6.54 Å². The van der Waals surface area contributed by atoms with Gasteiger partial charge in [0.1, 0.15) is 5.82 Å². The molecule has 3 aromatic carbocycles. The van der Waals surface area contributed by atoms with E-state index in [1.54, 1.807) is 10.6 Å². The Kier molecular flexibility index (Phi) is 6.64. The van der Waals surface area contributed by atoms with Crippen LogP contribution in [0, 0.1) is 19.8 Å². The molecule has 0 bridgehead atoms. The number of hydrogen-bond acceptors (Lipinski definition) is 3. The Hall–Kier alpha value is -3.73. The number of fused-ring (bicyclic) bond motifs is 1. The highest BCUT2D eigenvalue weighted by atomic mass is 16.2. The third-order valence-electron chi connectivity index (χ3n) is 6.02. The number of benzene rings is 3. The van der Waals surface area contributed by atoms with Crippen LogP contribution in [0.2, 0.25) is 0 Å². The fourth-order valence-electron chi connectivity index (χ4n) is 4.26. The Morgan fingerprint density at radius 3 is 2.29 bits per heavy atom. The summed E-state index contributed by atoms with van der Waals surface area (Å²) in [6.45, 7) is 10.7. The molecule has 0 radical (unpaired) electrons. The molecule has 4 aromatic rings. The quantitative estimate of drug-likeness (QED) is 0.367. The molecule has 5 nitrogen and oxygen atoms in total. The van der Waals surface area contributed by atoms with Gasteiger partial charge in [-0.1, -0.05) is 55.8 Å². The molecule has 174 valence electrons. The molecule has 0 N–H and O–H groups in total. The van der Waals surface area contributed by atoms with Gasteiger partial charge in [-0.3, -0.25) is 14.2 Å². The minimum absolute atomic E-state index is 0.0700. The van der Waals surface area contributed by atoms with E-state index in [2.05, 4.69) is 13.8 Å². The van der Waals surface area contributed by atoms with E-state index in [1.165, 1.54) is 0 Å². The zero-order valence-electron chi connectivity index (χ0n) is 20.4. The Balaban J connectivity index is 1.92. The van der Waals surface area contributed by atoms with Gasteiger partial charge in [0.25, 0.3) is 11.5 Å². The number of carbonyl (C=O) groups excluding carboxylic acids is 1. The average molecular weight is 454 g/mol. The molecule has 1 aromatic heterocycles. The first-order chi connectivity index (χ1) is 16.3. The normalized spacial score (nSPS) is 12.2. The van der Waals surface area contributed by atoms with Gasteiger partial charge in [-0.15, -0.1) is 0 Å². The van der Waals surface area contributed by atoms with Crippen LogP contribution in [0.4, 0.5) is 0 Å². The number of aryl methyl sites for hydroxylation is 2. The molecule has 0 spiro atoms. The monoisotopic (exact) mass is 453 g/mol. The first-order valence-corrected chi connectivity index (χ1v) is 11.7. The summed E-state index contributed by atoms with van der Waals surface area (Å²) in [5, 5.41) is 0.556. The zero-order valence-corrected chi connectivity index (χ0v) is 20.4. The van der Waals surface area contributed by atoms with Gasteiger partial charge < -0.3 is 4.90 Å². The summed E-state index contributed by atoms with van der Waals surface area (Å²) >= 11 is 0. The molecule has 0 fully saturated rings. The maximum Gasteiger partial charge on any atom is 0.266 e. The van der Waals surface area contributed by atoms with Crippen molar-refractivity contribution in [3.63, 3.8) is 0 Å². The van der Waals surface area contributed by atoms with Crippen LogP contribution in [-0.2, 0) is 0 Å². The van der Waals surface area contributed by atoms with E-state index < -0.39 is 6.04 Å². The highest BCUT2D eigenvalue weighted by molar-refractivity contribution is 5.94. The Bertz CT molecular complexity index is 1390. The smallest absolute Gasteiger partial charge is 0.266 e. The fourth-order valence-corrected chi connectivity index (χ4v) is 4.26. The van der Waals surface area contributed by atoms with Crippen LogP contribution in [0.3, 0.4) is 0 Å². The lowest BCUT2D eigenvalue weighted by Crippen LogP contribution is -2.39. The van der Waals surface area contributed by atoms with Crippen LogP contribution in [0.25, 0.3) is 16.6 Å². The SMILES string of the molecule is Cc1ccc(C(=O)N(CC(C)C)C(C)c2nc3ccccc3c(=O)n2-c2cccc(C)c2)cc1. The van der Waals surface area contributed by atoms with E-state index in [4.69, 9.17) is 4.98 Å². The lowest BCUT2D eigenvalue weighted by atomic mass is 10.1. The molecule has 1 atom stereocenters. The van der Waals surface area contributed by atoms with Crippen molar-refractivity contribution in [3.8, 4) is 5.69 Å². The zero-order chi connectivity index (χ0) is 24.4. The second-order valence-corrected chi connectivity index (χ2v) is 9.36. The minimum Gasteiger partial charge on any atom is -0.328 e. The molecule has 34 heavy (non-hydrogen) atoms. The Morgan fingerprint density at radius 2 is 1.62 bits per heavy atom. The number of amides is 1. The molecule has 0 aliphatic carbocycles. The van der Waals surface area contributed by atoms with Crippen LogP contribution in [0.1, 0.15) is 54.1 Å². The van der Waals surface area contributed by atoms with Gasteiger partial charge in [-0.2, -0.15) is 0 Å². The Labute approximate surface area is 200 Å². The third kappa shape index (κ3) is 4.65. The summed E-state index contributed by atoms with van der Waals surface area (Å²) < 4.78 is 1.66. The van der Waals surface area contributed by atoms with E-state index >= 15 is 0 Å². The summed E-state index contributed by atoms with van der Waals surface area (Å²) in [4.78, 5) is 34.1. The predicted octanol–water partition coefficient (Wildman–Crippen LogP) is 5.86. The molecule has 1 amide bonds. The van der Waals surface area contributed by atoms with E-state index in [-0.39, 0.29) is 17.4 Å². The molecule has 4 rings (SSSR count). The second kappa shape index (κ2) is 9.64. The number of aromatic nitrogens is 2. The van der Waals surface area contributed by atoms with Gasteiger partial charge in [0.05, 0.1) is 22.6 Å². The number of nitrogens with zero attached hydrogens (tertiary/aromatic N) is 3. The van der Waals surface area contributed by atoms with E-state index in [1.807, 2.05) is 92.4 Å². The van der Waals surface area contributed by atoms with Crippen LogP contribution in [-0.4, -0.2) is 26.9 Å². The first kappa shape index (κ1) is 23.4. The molecule has 5 heteroatoms. The molecule has 0 aliphatic heterocycles. The third-order valence-corrected chi connectivity index (χ3v) is 6.02. The molecule has 0 saturated heterocycles. The van der Waals surface area contributed by atoms with Crippen molar-refractivity contribution >= 4 is 16.8 Å². The lowest BCUT2D eigenvalue weighted by molar-refractivity contribution is 0.0655. The van der Waals surface area contributed by atoms with Gasteiger partial charge in [0.2, 0.25) is 0 Å². The lowest BCUT2D eigenvalue weighted by Gasteiger charge is -2.32. The largest absolute Gasteiger partial charge is 0.328 e. The van der Waals surface area contributed by atoms with E-state index in [9.17, 15) is 9.59 Å². The summed E-state index contributed by atoms with van der Waals surface area (Å²) in [5.74, 6) is 0.728. The summed E-state index contributed by atoms with van der Waals surface area (Å²) in [6.07, 6.45) is 0. The maximum atomic E-state index is 13.7. The summed E-state index contributed by atoms with van der Waals surface area (Å²) in [7, 11) is 0. The topological polar surface area (TPSA) is 55.2 Å². The van der Waals surface area contributed by atoms with Crippen LogP contribution < -0.4 is 5.56 Å². The van der Waals surface area contributed by atoms with Crippen molar-refractivity contribution in [1.29, 1.82) is 0 Å². The summed E-state index contributed by atoms with van der Waals surface area (Å²) in [5.41, 5.74) is 4.02. The Morgan fingerprint density at radius 1 is 0.912 bits per heavy atom. The summed E-state index contributed by atoms with van der Waals surface area (Å²) in [6, 6.07) is 22.4. The molecule has 1 heterocycles. The average Bonchev–Trinajstić information content (AvgIpc) is 2.82. The van der Waals surface area contributed by atoms with Crippen molar-refractivity contribution < 1.29 is 4.79 Å². The minimum atomic E-state index is -0.422. The fraction of sp³-hybridized carbons (Fsp3) is 0.276. The first-order valence-electron chi connectivity index (χ1n) is 11.7. The standard InChI is InChI=1S/C29H31N3O2/c1-19(2)18-31(28(33)23-15-13-20(3)14-16-23)22(5)27-30-26-12-7-6-11-25(26)29(34)32(27)24-10-8-9-21(4)17-24/h6-17,19,22H,18H2,1-5H3. The van der Waals surface area contributed by atoms with Gasteiger partial charge in [0.15, 0.2) is 0 Å².